The zero-order valence-electron chi connectivity index (χ0n) is 17.6. The van der Waals surface area contributed by atoms with Crippen molar-refractivity contribution in [3.8, 4) is 0 Å². The summed E-state index contributed by atoms with van der Waals surface area (Å²) in [6, 6.07) is 6.18. The Kier molecular flexibility index (Phi) is 7.19. The second kappa shape index (κ2) is 9.51. The Morgan fingerprint density at radius 2 is 1.97 bits per heavy atom. The van der Waals surface area contributed by atoms with Crippen LogP contribution in [-0.4, -0.2) is 53.1 Å². The molecule has 2 aliphatic rings. The predicted octanol–water partition coefficient (Wildman–Crippen LogP) is 2.32. The predicted molar refractivity (Wildman–Crippen MR) is 114 cm³/mol. The summed E-state index contributed by atoms with van der Waals surface area (Å²) in [7, 11) is -3.95. The van der Waals surface area contributed by atoms with Gasteiger partial charge in [-0.05, 0) is 44.2 Å². The van der Waals surface area contributed by atoms with Gasteiger partial charge in [0.15, 0.2) is 0 Å². The molecule has 0 saturated heterocycles. The monoisotopic (exact) mass is 452 g/mol. The molecule has 2 atom stereocenters. The fourth-order valence-corrected chi connectivity index (χ4v) is 6.32. The molecule has 2 amide bonds. The molecular weight excluding hydrogens is 423 g/mol. The molecule has 1 aliphatic heterocycles. The molecule has 10 heteroatoms. The molecule has 170 valence electrons. The van der Waals surface area contributed by atoms with Crippen LogP contribution in [-0.2, 0) is 29.9 Å². The topological polar surface area (TPSA) is 133 Å². The number of hydrogen-bond acceptors (Lipinski definition) is 5. The van der Waals surface area contributed by atoms with Gasteiger partial charge in [0, 0.05) is 5.69 Å². The number of nitrogens with one attached hydrogen (secondary N) is 1. The summed E-state index contributed by atoms with van der Waals surface area (Å²) in [6.07, 6.45) is 2.89. The van der Waals surface area contributed by atoms with E-state index in [1.54, 1.807) is 19.1 Å². The van der Waals surface area contributed by atoms with Crippen LogP contribution in [0.15, 0.2) is 24.3 Å². The molecule has 3 rings (SSSR count). The van der Waals surface area contributed by atoms with Gasteiger partial charge in [0.25, 0.3) is 0 Å². The Labute approximate surface area is 181 Å². The molecular formula is C21H29N2O7P. The fourth-order valence-electron chi connectivity index (χ4n) is 4.60. The van der Waals surface area contributed by atoms with E-state index in [-0.39, 0.29) is 12.8 Å². The number of hydrogen-bond donors (Lipinski definition) is 3. The van der Waals surface area contributed by atoms with Crippen LogP contribution in [0.1, 0.15) is 44.6 Å². The average Bonchev–Trinajstić information content (AvgIpc) is 3.13. The van der Waals surface area contributed by atoms with E-state index in [4.69, 9.17) is 4.52 Å². The molecule has 1 unspecified atom stereocenters. The number of carbonyl (C=O) groups excluding carboxylic acids is 2. The first-order valence-corrected chi connectivity index (χ1v) is 12.3. The highest BCUT2D eigenvalue weighted by molar-refractivity contribution is 7.52. The lowest BCUT2D eigenvalue weighted by atomic mass is 9.87. The Morgan fingerprint density at radius 1 is 1.29 bits per heavy atom. The number of carboxylic acid groups (broad SMARTS) is 1. The van der Waals surface area contributed by atoms with Crippen molar-refractivity contribution in [3.63, 3.8) is 0 Å². The lowest BCUT2D eigenvalue weighted by Gasteiger charge is -2.32. The molecule has 0 spiro atoms. The Bertz CT molecular complexity index is 897. The van der Waals surface area contributed by atoms with Crippen molar-refractivity contribution in [3.05, 3.63) is 29.8 Å². The minimum absolute atomic E-state index is 0.0645. The molecule has 1 aliphatic carbocycles. The summed E-state index contributed by atoms with van der Waals surface area (Å²) in [5.41, 5.74) is 0.287. The van der Waals surface area contributed by atoms with Crippen molar-refractivity contribution in [2.75, 3.05) is 24.2 Å². The summed E-state index contributed by atoms with van der Waals surface area (Å²) in [5.74, 6) is -2.09. The van der Waals surface area contributed by atoms with Gasteiger partial charge in [-0.25, -0.2) is 0 Å². The van der Waals surface area contributed by atoms with E-state index in [2.05, 4.69) is 5.32 Å². The fraction of sp³-hybridized carbons (Fsp3) is 0.571. The van der Waals surface area contributed by atoms with E-state index in [9.17, 15) is 28.9 Å². The maximum Gasteiger partial charge on any atom is 0.329 e. The van der Waals surface area contributed by atoms with E-state index in [1.165, 1.54) is 4.90 Å². The van der Waals surface area contributed by atoms with E-state index in [0.717, 1.165) is 18.4 Å². The lowest BCUT2D eigenvalue weighted by molar-refractivity contribution is -0.137. The van der Waals surface area contributed by atoms with Crippen LogP contribution in [0, 0.1) is 5.41 Å². The van der Waals surface area contributed by atoms with Crippen LogP contribution >= 0.6 is 7.60 Å². The number of amides is 2. The largest absolute Gasteiger partial charge is 0.480 e. The molecule has 1 heterocycles. The molecule has 31 heavy (non-hydrogen) atoms. The number of carboxylic acids is 1. The third-order valence-corrected chi connectivity index (χ3v) is 7.69. The van der Waals surface area contributed by atoms with Crippen molar-refractivity contribution in [1.29, 1.82) is 0 Å². The number of para-hydroxylation sites is 1. The van der Waals surface area contributed by atoms with Gasteiger partial charge in [-0.3, -0.25) is 23.8 Å². The van der Waals surface area contributed by atoms with Gasteiger partial charge < -0.3 is 19.8 Å². The minimum atomic E-state index is -3.95. The molecule has 1 saturated carbocycles. The zero-order valence-corrected chi connectivity index (χ0v) is 18.5. The number of aryl methyl sites for hydroxylation is 1. The van der Waals surface area contributed by atoms with Crippen LogP contribution in [0.5, 0.6) is 0 Å². The molecule has 0 bridgehead atoms. The quantitative estimate of drug-likeness (QED) is 0.516. The summed E-state index contributed by atoms with van der Waals surface area (Å²) in [6.45, 7) is 1.17. The normalized spacial score (nSPS) is 22.3. The third kappa shape index (κ3) is 5.34. The van der Waals surface area contributed by atoms with Gasteiger partial charge in [0.05, 0.1) is 18.2 Å². The second-order valence-corrected chi connectivity index (χ2v) is 10.1. The van der Waals surface area contributed by atoms with Gasteiger partial charge in [0.1, 0.15) is 12.6 Å². The van der Waals surface area contributed by atoms with Crippen molar-refractivity contribution in [1.82, 2.24) is 5.32 Å². The van der Waals surface area contributed by atoms with Crippen LogP contribution < -0.4 is 10.2 Å². The maximum atomic E-state index is 13.3. The van der Waals surface area contributed by atoms with Crippen LogP contribution in [0.25, 0.3) is 0 Å². The Balaban J connectivity index is 1.83. The van der Waals surface area contributed by atoms with E-state index in [1.807, 2.05) is 12.1 Å². The van der Waals surface area contributed by atoms with E-state index in [0.29, 0.717) is 31.4 Å². The highest BCUT2D eigenvalue weighted by Crippen LogP contribution is 2.53. The molecule has 3 N–H and O–H groups in total. The van der Waals surface area contributed by atoms with Crippen LogP contribution in [0.3, 0.4) is 0 Å². The van der Waals surface area contributed by atoms with Gasteiger partial charge in [-0.1, -0.05) is 31.0 Å². The van der Waals surface area contributed by atoms with Crippen LogP contribution in [0.2, 0.25) is 0 Å². The standard InChI is InChI=1S/C21H29N2O7P/c1-2-30-31(28,29)14-21(11-5-6-12-21)20(27)22-16-10-9-15-7-3-4-8-17(15)23(19(16)26)13-18(24)25/h3-4,7-8,16H,2,5-6,9-14H2,1H3,(H,22,27)(H,24,25)(H,28,29)/t16-/m0/s1. The molecule has 9 nitrogen and oxygen atoms in total. The second-order valence-electron chi connectivity index (χ2n) is 8.21. The summed E-state index contributed by atoms with van der Waals surface area (Å²) >= 11 is 0. The van der Waals surface area contributed by atoms with Crippen LogP contribution in [0.4, 0.5) is 5.69 Å². The first-order valence-electron chi connectivity index (χ1n) is 10.6. The summed E-state index contributed by atoms with van der Waals surface area (Å²) in [4.78, 5) is 49.2. The smallest absolute Gasteiger partial charge is 0.329 e. The number of rotatable bonds is 8. The van der Waals surface area contributed by atoms with Gasteiger partial charge in [-0.2, -0.15) is 0 Å². The average molecular weight is 452 g/mol. The number of carbonyl (C=O) groups is 3. The number of fused-ring (bicyclic) bond motifs is 1. The van der Waals surface area contributed by atoms with Crippen molar-refractivity contribution in [2.45, 2.75) is 51.5 Å². The Hall–Kier alpha value is -2.22. The van der Waals surface area contributed by atoms with E-state index < -0.39 is 43.4 Å². The molecule has 1 aromatic carbocycles. The molecule has 1 fully saturated rings. The van der Waals surface area contributed by atoms with Crippen molar-refractivity contribution < 1.29 is 33.5 Å². The first-order chi connectivity index (χ1) is 14.7. The van der Waals surface area contributed by atoms with Gasteiger partial charge >= 0.3 is 13.6 Å². The number of anilines is 1. The summed E-state index contributed by atoms with van der Waals surface area (Å²) < 4.78 is 17.4. The highest BCUT2D eigenvalue weighted by atomic mass is 31.2. The first kappa shape index (κ1) is 23.4. The SMILES string of the molecule is CCOP(=O)(O)CC1(C(=O)N[C@H]2CCc3ccccc3N(CC(=O)O)C2=O)CCCC1. The number of aliphatic carboxylic acids is 1. The Morgan fingerprint density at radius 3 is 2.61 bits per heavy atom. The lowest BCUT2D eigenvalue weighted by Crippen LogP contribution is -2.53. The molecule has 0 aromatic heterocycles. The highest BCUT2D eigenvalue weighted by Gasteiger charge is 2.47. The van der Waals surface area contributed by atoms with Gasteiger partial charge in [0.2, 0.25) is 11.8 Å². The van der Waals surface area contributed by atoms with Gasteiger partial charge in [-0.15, -0.1) is 0 Å². The van der Waals surface area contributed by atoms with Crippen molar-refractivity contribution in [2.24, 2.45) is 5.41 Å². The molecule has 1 aromatic rings. The molecule has 0 radical (unpaired) electrons. The van der Waals surface area contributed by atoms with Crippen molar-refractivity contribution >= 4 is 31.1 Å². The number of benzene rings is 1. The summed E-state index contributed by atoms with van der Waals surface area (Å²) in [5, 5.41) is 12.1. The number of nitrogens with zero attached hydrogens (tertiary/aromatic N) is 1. The minimum Gasteiger partial charge on any atom is -0.480 e. The van der Waals surface area contributed by atoms with E-state index >= 15 is 0 Å². The third-order valence-electron chi connectivity index (χ3n) is 6.02. The maximum absolute atomic E-state index is 13.3. The zero-order chi connectivity index (χ0) is 22.6.